The molecule has 0 aromatic rings. The molecule has 0 aliphatic carbocycles. The van der Waals surface area contributed by atoms with Crippen LogP contribution in [-0.2, 0) is 4.79 Å². The second kappa shape index (κ2) is 20.7. The number of nitrogens with zero attached hydrogens (tertiary/aromatic N) is 4. The van der Waals surface area contributed by atoms with Crippen molar-refractivity contribution in [3.63, 3.8) is 0 Å². The van der Waals surface area contributed by atoms with E-state index in [9.17, 15) is 9.59 Å². The number of hydrogen-bond donors (Lipinski definition) is 0. The van der Waals surface area contributed by atoms with Crippen LogP contribution in [0.5, 0.6) is 0 Å². The molecule has 1 aliphatic heterocycles. The summed E-state index contributed by atoms with van der Waals surface area (Å²) in [5, 5.41) is 0. The lowest BCUT2D eigenvalue weighted by Gasteiger charge is -2.35. The second-order valence-corrected chi connectivity index (χ2v) is 11.8. The lowest BCUT2D eigenvalue weighted by molar-refractivity contribution is -0.134. The van der Waals surface area contributed by atoms with Crippen LogP contribution in [0.2, 0.25) is 0 Å². The topological polar surface area (TPSA) is 47.1 Å². The normalized spacial score (nSPS) is 18.1. The molecule has 1 atom stereocenters. The minimum absolute atomic E-state index is 0.00553. The van der Waals surface area contributed by atoms with E-state index in [1.165, 1.54) is 77.0 Å². The van der Waals surface area contributed by atoms with Crippen molar-refractivity contribution < 1.29 is 9.59 Å². The molecule has 0 N–H and O–H groups in total. The molecule has 1 aliphatic rings. The van der Waals surface area contributed by atoms with Crippen molar-refractivity contribution in [2.75, 3.05) is 39.5 Å². The number of carbonyl (C=O) groups is 2. The standard InChI is InChI=1S/C32H64N4O2/c1-7-12-16-20-24-33(25-21-17-13-8-2)28-35-30(37)32(6,11-5)36(31(35)38)29-34(26-22-18-14-9-3)27-23-19-15-10-4/h7-29H2,1-6H3. The van der Waals surface area contributed by atoms with E-state index in [-0.39, 0.29) is 11.9 Å². The molecule has 0 radical (unpaired) electrons. The fourth-order valence-corrected chi connectivity index (χ4v) is 5.49. The number of unbranched alkanes of at least 4 members (excludes halogenated alkanes) is 12. The molecule has 1 rings (SSSR count). The largest absolute Gasteiger partial charge is 0.329 e. The van der Waals surface area contributed by atoms with Gasteiger partial charge in [-0.1, -0.05) is 112 Å². The Hall–Kier alpha value is -1.14. The summed E-state index contributed by atoms with van der Waals surface area (Å²) in [6.07, 6.45) is 20.1. The van der Waals surface area contributed by atoms with Gasteiger partial charge in [-0.25, -0.2) is 9.69 Å². The van der Waals surface area contributed by atoms with E-state index < -0.39 is 5.54 Å². The first-order valence-electron chi connectivity index (χ1n) is 16.5. The molecule has 1 fully saturated rings. The molecule has 0 spiro atoms. The molecular formula is C32H64N4O2. The SMILES string of the molecule is CCCCCCN(CCCCCC)CN1C(=O)N(CN(CCCCCC)CCCCCC)C(C)(CC)C1=O. The van der Waals surface area contributed by atoms with Crippen LogP contribution in [0.1, 0.15) is 151 Å². The first-order chi connectivity index (χ1) is 18.4. The highest BCUT2D eigenvalue weighted by atomic mass is 16.2. The van der Waals surface area contributed by atoms with Gasteiger partial charge >= 0.3 is 6.03 Å². The Morgan fingerprint density at radius 2 is 0.921 bits per heavy atom. The van der Waals surface area contributed by atoms with Gasteiger partial charge in [0.15, 0.2) is 0 Å². The molecule has 6 nitrogen and oxygen atoms in total. The van der Waals surface area contributed by atoms with Crippen molar-refractivity contribution in [3.8, 4) is 0 Å². The summed E-state index contributed by atoms with van der Waals surface area (Å²) >= 11 is 0. The molecular weight excluding hydrogens is 472 g/mol. The lowest BCUT2D eigenvalue weighted by atomic mass is 9.97. The summed E-state index contributed by atoms with van der Waals surface area (Å²) in [4.78, 5) is 35.9. The fraction of sp³-hybridized carbons (Fsp3) is 0.938. The van der Waals surface area contributed by atoms with Crippen molar-refractivity contribution in [2.24, 2.45) is 0 Å². The summed E-state index contributed by atoms with van der Waals surface area (Å²) in [6, 6.07) is -0.0846. The first-order valence-corrected chi connectivity index (χ1v) is 16.5. The van der Waals surface area contributed by atoms with Gasteiger partial charge in [-0.15, -0.1) is 0 Å². The zero-order valence-electron chi connectivity index (χ0n) is 26.4. The maximum absolute atomic E-state index is 13.8. The molecule has 1 unspecified atom stereocenters. The molecule has 1 heterocycles. The minimum atomic E-state index is -0.752. The molecule has 0 bridgehead atoms. The third-order valence-corrected chi connectivity index (χ3v) is 8.45. The summed E-state index contributed by atoms with van der Waals surface area (Å²) in [6.45, 7) is 18.0. The van der Waals surface area contributed by atoms with Crippen molar-refractivity contribution in [2.45, 2.75) is 156 Å². The highest BCUT2D eigenvalue weighted by Gasteiger charge is 2.53. The Morgan fingerprint density at radius 3 is 1.26 bits per heavy atom. The molecule has 3 amide bonds. The number of amides is 3. The highest BCUT2D eigenvalue weighted by molar-refractivity contribution is 6.06. The molecule has 0 aromatic carbocycles. The van der Waals surface area contributed by atoms with Crippen molar-refractivity contribution in [3.05, 3.63) is 0 Å². The van der Waals surface area contributed by atoms with Crippen LogP contribution < -0.4 is 0 Å². The van der Waals surface area contributed by atoms with Gasteiger partial charge < -0.3 is 0 Å². The van der Waals surface area contributed by atoms with E-state index in [0.717, 1.165) is 51.9 Å². The van der Waals surface area contributed by atoms with Crippen molar-refractivity contribution >= 4 is 11.9 Å². The third-order valence-electron chi connectivity index (χ3n) is 8.45. The van der Waals surface area contributed by atoms with E-state index in [0.29, 0.717) is 19.8 Å². The molecule has 1 saturated heterocycles. The molecule has 0 aromatic heterocycles. The smallest absolute Gasteiger partial charge is 0.297 e. The van der Waals surface area contributed by atoms with Gasteiger partial charge in [-0.05, 0) is 65.2 Å². The first kappa shape index (κ1) is 34.9. The van der Waals surface area contributed by atoms with Crippen LogP contribution >= 0.6 is 0 Å². The molecule has 38 heavy (non-hydrogen) atoms. The van der Waals surface area contributed by atoms with E-state index in [4.69, 9.17) is 0 Å². The van der Waals surface area contributed by atoms with Gasteiger partial charge in [0.1, 0.15) is 5.54 Å². The third kappa shape index (κ3) is 11.9. The van der Waals surface area contributed by atoms with Gasteiger partial charge in [-0.2, -0.15) is 0 Å². The Bertz CT molecular complexity index is 605. The minimum Gasteiger partial charge on any atom is -0.297 e. The number of imide groups is 1. The fourth-order valence-electron chi connectivity index (χ4n) is 5.49. The van der Waals surface area contributed by atoms with Crippen LogP contribution in [-0.4, -0.2) is 76.6 Å². The van der Waals surface area contributed by atoms with Gasteiger partial charge in [-0.3, -0.25) is 19.5 Å². The summed E-state index contributed by atoms with van der Waals surface area (Å²) in [5.41, 5.74) is -0.752. The number of rotatable bonds is 25. The maximum atomic E-state index is 13.8. The summed E-state index contributed by atoms with van der Waals surface area (Å²) in [7, 11) is 0. The van der Waals surface area contributed by atoms with Crippen LogP contribution in [0, 0.1) is 0 Å². The number of hydrogen-bond acceptors (Lipinski definition) is 4. The highest BCUT2D eigenvalue weighted by Crippen LogP contribution is 2.31. The predicted octanol–water partition coefficient (Wildman–Crippen LogP) is 8.26. The van der Waals surface area contributed by atoms with Crippen LogP contribution in [0.3, 0.4) is 0 Å². The predicted molar refractivity (Wildman–Crippen MR) is 162 cm³/mol. The van der Waals surface area contributed by atoms with E-state index in [1.807, 2.05) is 11.8 Å². The van der Waals surface area contributed by atoms with Crippen molar-refractivity contribution in [1.29, 1.82) is 0 Å². The van der Waals surface area contributed by atoms with Gasteiger partial charge in [0.05, 0.1) is 13.3 Å². The van der Waals surface area contributed by atoms with E-state index in [2.05, 4.69) is 44.4 Å². The Kier molecular flexibility index (Phi) is 19.0. The quantitative estimate of drug-likeness (QED) is 0.0870. The van der Waals surface area contributed by atoms with Gasteiger partial charge in [0.2, 0.25) is 0 Å². The van der Waals surface area contributed by atoms with Crippen molar-refractivity contribution in [1.82, 2.24) is 19.6 Å². The molecule has 0 saturated carbocycles. The van der Waals surface area contributed by atoms with E-state index in [1.54, 1.807) is 4.90 Å². The maximum Gasteiger partial charge on any atom is 0.329 e. The monoisotopic (exact) mass is 537 g/mol. The van der Waals surface area contributed by atoms with Crippen LogP contribution in [0.25, 0.3) is 0 Å². The average Bonchev–Trinajstić information content (AvgIpc) is 3.09. The lowest BCUT2D eigenvalue weighted by Crippen LogP contribution is -2.51. The van der Waals surface area contributed by atoms with Gasteiger partial charge in [0, 0.05) is 0 Å². The zero-order chi connectivity index (χ0) is 28.2. The summed E-state index contributed by atoms with van der Waals surface area (Å²) < 4.78 is 0. The molecule has 224 valence electrons. The Morgan fingerprint density at radius 1 is 0.553 bits per heavy atom. The molecule has 6 heteroatoms. The summed E-state index contributed by atoms with van der Waals surface area (Å²) in [5.74, 6) is -0.00553. The van der Waals surface area contributed by atoms with E-state index >= 15 is 0 Å². The number of carbonyl (C=O) groups excluding carboxylic acids is 2. The van der Waals surface area contributed by atoms with Gasteiger partial charge in [0.25, 0.3) is 5.91 Å². The Labute approximate surface area is 236 Å². The Balaban J connectivity index is 2.95. The average molecular weight is 537 g/mol. The second-order valence-electron chi connectivity index (χ2n) is 11.8. The van der Waals surface area contributed by atoms with Crippen LogP contribution in [0.4, 0.5) is 4.79 Å². The van der Waals surface area contributed by atoms with Crippen LogP contribution in [0.15, 0.2) is 0 Å². The number of urea groups is 1. The zero-order valence-corrected chi connectivity index (χ0v) is 26.4.